The Bertz CT molecular complexity index is 400. The summed E-state index contributed by atoms with van der Waals surface area (Å²) < 4.78 is 0. The summed E-state index contributed by atoms with van der Waals surface area (Å²) in [4.78, 5) is 13.6. The Hall–Kier alpha value is -1.42. The van der Waals surface area contributed by atoms with Crippen molar-refractivity contribution in [3.63, 3.8) is 0 Å². The second kappa shape index (κ2) is 3.98. The van der Waals surface area contributed by atoms with Gasteiger partial charge in [-0.15, -0.1) is 0 Å². The van der Waals surface area contributed by atoms with Gasteiger partial charge >= 0.3 is 0 Å². The smallest absolute Gasteiger partial charge is 0.227 e. The van der Waals surface area contributed by atoms with Crippen molar-refractivity contribution < 1.29 is 4.79 Å². The molecule has 1 aromatic rings. The van der Waals surface area contributed by atoms with E-state index in [0.717, 1.165) is 24.2 Å². The zero-order valence-electron chi connectivity index (χ0n) is 8.27. The second-order valence-electron chi connectivity index (χ2n) is 3.56. The number of rotatable bonds is 2. The van der Waals surface area contributed by atoms with E-state index >= 15 is 0 Å². The highest BCUT2D eigenvalue weighted by atomic mass is 32.1. The molecule has 0 radical (unpaired) electrons. The molecule has 2 N–H and O–H groups in total. The summed E-state index contributed by atoms with van der Waals surface area (Å²) in [6, 6.07) is 7.47. The number of carbonyl (C=O) groups is 1. The number of amides is 1. The normalized spacial score (nSPS) is 15.7. The minimum atomic E-state index is 0.193. The van der Waals surface area contributed by atoms with Crippen LogP contribution >= 0.6 is 12.2 Å². The average molecular weight is 220 g/mol. The molecule has 1 amide bonds. The molecule has 0 bridgehead atoms. The molecule has 0 saturated carbocycles. The molecule has 1 heterocycles. The number of thiocarbonyl (C=S) groups is 1. The van der Waals surface area contributed by atoms with Crippen molar-refractivity contribution in [3.8, 4) is 0 Å². The molecule has 0 aromatic heterocycles. The van der Waals surface area contributed by atoms with Gasteiger partial charge in [-0.2, -0.15) is 0 Å². The van der Waals surface area contributed by atoms with Gasteiger partial charge in [-0.25, -0.2) is 0 Å². The summed E-state index contributed by atoms with van der Waals surface area (Å²) in [5.41, 5.74) is 7.26. The summed E-state index contributed by atoms with van der Waals surface area (Å²) in [6.07, 6.45) is 1.59. The molecule has 0 spiro atoms. The highest BCUT2D eigenvalue weighted by Crippen LogP contribution is 2.21. The van der Waals surface area contributed by atoms with Gasteiger partial charge in [-0.05, 0) is 30.7 Å². The lowest BCUT2D eigenvalue weighted by atomic mass is 10.2. The molecule has 1 fully saturated rings. The van der Waals surface area contributed by atoms with E-state index in [1.165, 1.54) is 0 Å². The third-order valence-corrected chi connectivity index (χ3v) is 2.77. The van der Waals surface area contributed by atoms with Crippen LogP contribution in [0.1, 0.15) is 18.4 Å². The van der Waals surface area contributed by atoms with Crippen molar-refractivity contribution in [2.75, 3.05) is 11.4 Å². The van der Waals surface area contributed by atoms with Crippen LogP contribution in [0.5, 0.6) is 0 Å². The van der Waals surface area contributed by atoms with Crippen molar-refractivity contribution >= 4 is 28.8 Å². The quantitative estimate of drug-likeness (QED) is 0.767. The average Bonchev–Trinajstić information content (AvgIpc) is 2.65. The SMILES string of the molecule is NC(=S)c1ccc(N2CCCC2=O)cc1. The monoisotopic (exact) mass is 220 g/mol. The van der Waals surface area contributed by atoms with Crippen LogP contribution in [0, 0.1) is 0 Å². The van der Waals surface area contributed by atoms with Gasteiger partial charge < -0.3 is 10.6 Å². The van der Waals surface area contributed by atoms with Crippen molar-refractivity contribution in [3.05, 3.63) is 29.8 Å². The van der Waals surface area contributed by atoms with Gasteiger partial charge in [0.05, 0.1) is 0 Å². The van der Waals surface area contributed by atoms with E-state index < -0.39 is 0 Å². The Balaban J connectivity index is 2.23. The van der Waals surface area contributed by atoms with E-state index in [9.17, 15) is 4.79 Å². The Morgan fingerprint density at radius 3 is 2.47 bits per heavy atom. The van der Waals surface area contributed by atoms with Gasteiger partial charge in [0.25, 0.3) is 0 Å². The van der Waals surface area contributed by atoms with Gasteiger partial charge in [0.1, 0.15) is 4.99 Å². The lowest BCUT2D eigenvalue weighted by Gasteiger charge is -2.15. The molecule has 1 saturated heterocycles. The molecular formula is C11H12N2OS. The number of nitrogens with zero attached hydrogens (tertiary/aromatic N) is 1. The Kier molecular flexibility index (Phi) is 2.68. The molecule has 1 aliphatic heterocycles. The molecule has 2 rings (SSSR count). The van der Waals surface area contributed by atoms with Gasteiger partial charge in [-0.1, -0.05) is 12.2 Å². The molecule has 78 valence electrons. The number of benzene rings is 1. The number of hydrogen-bond donors (Lipinski definition) is 1. The first kappa shape index (κ1) is 10.1. The summed E-state index contributed by atoms with van der Waals surface area (Å²) in [5.74, 6) is 0.193. The highest BCUT2D eigenvalue weighted by molar-refractivity contribution is 7.80. The third kappa shape index (κ3) is 1.99. The maximum Gasteiger partial charge on any atom is 0.227 e. The second-order valence-corrected chi connectivity index (χ2v) is 4.00. The fraction of sp³-hybridized carbons (Fsp3) is 0.273. The minimum absolute atomic E-state index is 0.193. The largest absolute Gasteiger partial charge is 0.389 e. The first-order valence-corrected chi connectivity index (χ1v) is 5.29. The molecule has 4 heteroatoms. The third-order valence-electron chi connectivity index (χ3n) is 2.54. The number of hydrogen-bond acceptors (Lipinski definition) is 2. The molecule has 0 aliphatic carbocycles. The van der Waals surface area contributed by atoms with Gasteiger partial charge in [0.2, 0.25) is 5.91 Å². The van der Waals surface area contributed by atoms with Crippen LogP contribution < -0.4 is 10.6 Å². The first-order chi connectivity index (χ1) is 7.18. The zero-order chi connectivity index (χ0) is 10.8. The van der Waals surface area contributed by atoms with E-state index in [1.54, 1.807) is 4.90 Å². The Labute approximate surface area is 93.9 Å². The number of anilines is 1. The summed E-state index contributed by atoms with van der Waals surface area (Å²) in [6.45, 7) is 0.811. The standard InChI is InChI=1S/C11H12N2OS/c12-11(15)8-3-5-9(6-4-8)13-7-1-2-10(13)14/h3-6H,1-2,7H2,(H2,12,15). The van der Waals surface area contributed by atoms with Crippen LogP contribution in [0.4, 0.5) is 5.69 Å². The topological polar surface area (TPSA) is 46.3 Å². The Morgan fingerprint density at radius 2 is 2.00 bits per heavy atom. The molecule has 3 nitrogen and oxygen atoms in total. The van der Waals surface area contributed by atoms with Crippen molar-refractivity contribution in [1.82, 2.24) is 0 Å². The molecular weight excluding hydrogens is 208 g/mol. The predicted octanol–water partition coefficient (Wildman–Crippen LogP) is 1.45. The number of nitrogens with two attached hydrogens (primary N) is 1. The van der Waals surface area contributed by atoms with Gasteiger partial charge in [0, 0.05) is 24.2 Å². The summed E-state index contributed by atoms with van der Waals surface area (Å²) in [7, 11) is 0. The highest BCUT2D eigenvalue weighted by Gasteiger charge is 2.21. The lowest BCUT2D eigenvalue weighted by Crippen LogP contribution is -2.23. The predicted molar refractivity (Wildman–Crippen MR) is 63.9 cm³/mol. The van der Waals surface area contributed by atoms with Crippen LogP contribution in [-0.4, -0.2) is 17.4 Å². The molecule has 15 heavy (non-hydrogen) atoms. The Morgan fingerprint density at radius 1 is 1.33 bits per heavy atom. The van der Waals surface area contributed by atoms with E-state index in [1.807, 2.05) is 24.3 Å². The summed E-state index contributed by atoms with van der Waals surface area (Å²) >= 11 is 4.86. The lowest BCUT2D eigenvalue weighted by molar-refractivity contribution is -0.117. The van der Waals surface area contributed by atoms with Crippen LogP contribution in [0.2, 0.25) is 0 Å². The van der Waals surface area contributed by atoms with E-state index in [-0.39, 0.29) is 5.91 Å². The maximum absolute atomic E-state index is 11.5. The minimum Gasteiger partial charge on any atom is -0.389 e. The first-order valence-electron chi connectivity index (χ1n) is 4.89. The van der Waals surface area contributed by atoms with Crippen molar-refractivity contribution in [2.45, 2.75) is 12.8 Å². The molecule has 1 aromatic carbocycles. The van der Waals surface area contributed by atoms with Gasteiger partial charge in [-0.3, -0.25) is 4.79 Å². The van der Waals surface area contributed by atoms with Gasteiger partial charge in [0.15, 0.2) is 0 Å². The number of carbonyl (C=O) groups excluding carboxylic acids is 1. The van der Waals surface area contributed by atoms with Crippen molar-refractivity contribution in [1.29, 1.82) is 0 Å². The van der Waals surface area contributed by atoms with E-state index in [2.05, 4.69) is 0 Å². The van der Waals surface area contributed by atoms with E-state index in [0.29, 0.717) is 11.4 Å². The molecule has 0 unspecified atom stereocenters. The maximum atomic E-state index is 11.5. The van der Waals surface area contributed by atoms with Crippen LogP contribution in [0.3, 0.4) is 0 Å². The van der Waals surface area contributed by atoms with Crippen molar-refractivity contribution in [2.24, 2.45) is 5.73 Å². The van der Waals surface area contributed by atoms with Crippen LogP contribution in [-0.2, 0) is 4.79 Å². The fourth-order valence-electron chi connectivity index (χ4n) is 1.73. The fourth-order valence-corrected chi connectivity index (χ4v) is 1.86. The van der Waals surface area contributed by atoms with Crippen LogP contribution in [0.15, 0.2) is 24.3 Å². The zero-order valence-corrected chi connectivity index (χ0v) is 9.09. The molecule has 0 atom stereocenters. The summed E-state index contributed by atoms with van der Waals surface area (Å²) in [5, 5.41) is 0. The van der Waals surface area contributed by atoms with Crippen LogP contribution in [0.25, 0.3) is 0 Å². The van der Waals surface area contributed by atoms with E-state index in [4.69, 9.17) is 18.0 Å². The molecule has 1 aliphatic rings.